The summed E-state index contributed by atoms with van der Waals surface area (Å²) in [6.45, 7) is 7.08. The van der Waals surface area contributed by atoms with Gasteiger partial charge in [-0.2, -0.15) is 0 Å². The second kappa shape index (κ2) is 7.60. The number of carbonyl (C=O) groups is 1. The summed E-state index contributed by atoms with van der Waals surface area (Å²) in [4.78, 5) is 13.3. The molecule has 0 radical (unpaired) electrons. The molecule has 0 aliphatic heterocycles. The molecule has 5 nitrogen and oxygen atoms in total. The Bertz CT molecular complexity index is 804. The van der Waals surface area contributed by atoms with Crippen molar-refractivity contribution in [1.82, 2.24) is 5.16 Å². The summed E-state index contributed by atoms with van der Waals surface area (Å²) in [6, 6.07) is 1.66. The van der Waals surface area contributed by atoms with Crippen molar-refractivity contribution in [2.75, 3.05) is 6.61 Å². The van der Waals surface area contributed by atoms with E-state index in [-0.39, 0.29) is 23.7 Å². The van der Waals surface area contributed by atoms with Gasteiger partial charge < -0.3 is 14.4 Å². The maximum atomic E-state index is 13.3. The van der Waals surface area contributed by atoms with Crippen molar-refractivity contribution in [2.24, 2.45) is 40.4 Å². The fraction of sp³-hybridized carbons (Fsp3) is 0.846. The highest BCUT2D eigenvalue weighted by molar-refractivity contribution is 5.83. The van der Waals surface area contributed by atoms with Gasteiger partial charge in [-0.1, -0.05) is 20.3 Å². The van der Waals surface area contributed by atoms with Crippen LogP contribution in [-0.2, 0) is 4.79 Å². The molecule has 4 aliphatic rings. The van der Waals surface area contributed by atoms with Crippen LogP contribution >= 0.6 is 0 Å². The average Bonchev–Trinajstić information content (AvgIpc) is 3.25. The number of nitrogens with zero attached hydrogens (tertiary/aromatic N) is 1. The van der Waals surface area contributed by atoms with E-state index in [9.17, 15) is 9.90 Å². The number of ketones is 1. The van der Waals surface area contributed by atoms with Gasteiger partial charge in [0, 0.05) is 12.0 Å². The van der Waals surface area contributed by atoms with Gasteiger partial charge in [0.1, 0.15) is 12.9 Å². The summed E-state index contributed by atoms with van der Waals surface area (Å²) >= 11 is 0. The highest BCUT2D eigenvalue weighted by atomic mass is 16.5. The van der Waals surface area contributed by atoms with E-state index in [1.807, 2.05) is 6.92 Å². The summed E-state index contributed by atoms with van der Waals surface area (Å²) in [5.41, 5.74) is -0.0288. The zero-order chi connectivity index (χ0) is 21.9. The van der Waals surface area contributed by atoms with Crippen molar-refractivity contribution >= 4 is 5.78 Å². The van der Waals surface area contributed by atoms with E-state index in [2.05, 4.69) is 19.0 Å². The second-order valence-electron chi connectivity index (χ2n) is 12.0. The Kier molecular flexibility index (Phi) is 5.27. The van der Waals surface area contributed by atoms with E-state index in [0.717, 1.165) is 50.4 Å². The largest absolute Gasteiger partial charge is 0.467 e. The number of aliphatic hydroxyl groups is 1. The van der Waals surface area contributed by atoms with E-state index in [1.165, 1.54) is 31.9 Å². The van der Waals surface area contributed by atoms with Gasteiger partial charge in [-0.15, -0.1) is 0 Å². The number of hydrogen-bond acceptors (Lipinski definition) is 5. The van der Waals surface area contributed by atoms with E-state index in [0.29, 0.717) is 23.1 Å². The first-order valence-corrected chi connectivity index (χ1v) is 12.5. The summed E-state index contributed by atoms with van der Waals surface area (Å²) in [5.74, 6) is 3.50. The van der Waals surface area contributed by atoms with Crippen LogP contribution in [0.1, 0.15) is 85.0 Å². The molecule has 5 rings (SSSR count). The number of ether oxygens (including phenoxy) is 1. The van der Waals surface area contributed by atoms with Gasteiger partial charge in [-0.25, -0.2) is 0 Å². The van der Waals surface area contributed by atoms with Crippen LogP contribution in [0.3, 0.4) is 0 Å². The zero-order valence-electron chi connectivity index (χ0n) is 19.4. The van der Waals surface area contributed by atoms with Crippen LogP contribution in [0.25, 0.3) is 0 Å². The van der Waals surface area contributed by atoms with Gasteiger partial charge in [0.05, 0.1) is 5.60 Å². The minimum absolute atomic E-state index is 0.0903. The molecule has 0 aromatic carbocycles. The smallest absolute Gasteiger partial charge is 0.254 e. The summed E-state index contributed by atoms with van der Waals surface area (Å²) in [6.07, 6.45) is 12.9. The molecule has 1 aromatic rings. The van der Waals surface area contributed by atoms with Crippen molar-refractivity contribution in [3.05, 3.63) is 12.3 Å². The van der Waals surface area contributed by atoms with E-state index in [1.54, 1.807) is 6.07 Å². The Morgan fingerprint density at radius 2 is 1.90 bits per heavy atom. The predicted octanol–water partition coefficient (Wildman–Crippen LogP) is 5.42. The number of Topliss-reactive ketones (excluding diaryl/α,β-unsaturated/α-hetero) is 1. The number of rotatable bonds is 4. The molecule has 0 saturated heterocycles. The first-order valence-electron chi connectivity index (χ1n) is 12.5. The molecular weight excluding hydrogens is 390 g/mol. The first-order chi connectivity index (χ1) is 14.7. The molecule has 4 fully saturated rings. The molecule has 1 heterocycles. The molecule has 1 aromatic heterocycles. The standard InChI is InChI=1S/C26H39NO4/c1-24(29)12-13-25(2)17(15-24)7-8-18-19-5-4-6-21(26(19,3)11-9-20(18)25)22(28)16-30-23-10-14-31-27-23/h10,14,17-21,29H,4-9,11-13,15-16H2,1-3H3/t17-,18-,19-,20-,21+,24+,25-,26-/m0/s1. The monoisotopic (exact) mass is 429 g/mol. The molecule has 172 valence electrons. The van der Waals surface area contributed by atoms with Crippen molar-refractivity contribution in [3.63, 3.8) is 0 Å². The molecule has 4 aliphatic carbocycles. The minimum Gasteiger partial charge on any atom is -0.467 e. The van der Waals surface area contributed by atoms with Crippen molar-refractivity contribution in [3.8, 4) is 5.88 Å². The number of carbonyl (C=O) groups excluding carboxylic acids is 1. The Morgan fingerprint density at radius 1 is 1.10 bits per heavy atom. The lowest BCUT2D eigenvalue weighted by molar-refractivity contribution is -0.169. The molecular formula is C26H39NO4. The maximum Gasteiger partial charge on any atom is 0.254 e. The molecule has 1 N–H and O–H groups in total. The predicted molar refractivity (Wildman–Crippen MR) is 117 cm³/mol. The van der Waals surface area contributed by atoms with Crippen molar-refractivity contribution in [1.29, 1.82) is 0 Å². The van der Waals surface area contributed by atoms with Gasteiger partial charge in [0.2, 0.25) is 0 Å². The molecule has 0 unspecified atom stereocenters. The lowest BCUT2D eigenvalue weighted by atomic mass is 9.41. The van der Waals surface area contributed by atoms with Gasteiger partial charge in [0.15, 0.2) is 5.78 Å². The summed E-state index contributed by atoms with van der Waals surface area (Å²) in [7, 11) is 0. The molecule has 8 atom stereocenters. The van der Waals surface area contributed by atoms with Crippen molar-refractivity contribution in [2.45, 2.75) is 90.6 Å². The number of hydrogen-bond donors (Lipinski definition) is 1. The van der Waals surface area contributed by atoms with Gasteiger partial charge >= 0.3 is 0 Å². The summed E-state index contributed by atoms with van der Waals surface area (Å²) in [5, 5.41) is 14.5. The fourth-order valence-corrected chi connectivity index (χ4v) is 8.68. The van der Waals surface area contributed by atoms with Crippen LogP contribution in [0.15, 0.2) is 16.9 Å². The topological polar surface area (TPSA) is 72.6 Å². The number of aromatic nitrogens is 1. The Labute approximate surface area is 186 Å². The Morgan fingerprint density at radius 3 is 2.68 bits per heavy atom. The van der Waals surface area contributed by atoms with Gasteiger partial charge in [0.25, 0.3) is 5.88 Å². The van der Waals surface area contributed by atoms with E-state index in [4.69, 9.17) is 9.26 Å². The SMILES string of the molecule is C[C@@]1(O)CC[C@@]2(C)[C@@H](CC[C@@H]3[C@@H]2CC[C@]2(C)[C@@H](C(=O)COc4ccon4)CCC[C@@H]32)C1. The zero-order valence-corrected chi connectivity index (χ0v) is 19.4. The van der Waals surface area contributed by atoms with Crippen LogP contribution in [0.4, 0.5) is 0 Å². The highest BCUT2D eigenvalue weighted by Crippen LogP contribution is 2.67. The lowest BCUT2D eigenvalue weighted by Crippen LogP contribution is -2.58. The van der Waals surface area contributed by atoms with Crippen LogP contribution in [0.2, 0.25) is 0 Å². The van der Waals surface area contributed by atoms with Crippen LogP contribution in [0, 0.1) is 40.4 Å². The van der Waals surface area contributed by atoms with Crippen LogP contribution in [0.5, 0.6) is 5.88 Å². The maximum absolute atomic E-state index is 13.3. The first kappa shape index (κ1) is 21.5. The van der Waals surface area contributed by atoms with E-state index < -0.39 is 5.60 Å². The lowest BCUT2D eigenvalue weighted by Gasteiger charge is -2.64. The number of fused-ring (bicyclic) bond motifs is 5. The normalized spacial score (nSPS) is 47.0. The minimum atomic E-state index is -0.480. The van der Waals surface area contributed by atoms with E-state index >= 15 is 0 Å². The van der Waals surface area contributed by atoms with Gasteiger partial charge in [-0.3, -0.25) is 4.79 Å². The average molecular weight is 430 g/mol. The third-order valence-electron chi connectivity index (χ3n) is 10.4. The molecule has 5 heteroatoms. The molecule has 0 amide bonds. The Balaban J connectivity index is 1.33. The highest BCUT2D eigenvalue weighted by Gasteiger charge is 2.60. The molecule has 0 bridgehead atoms. The third-order valence-corrected chi connectivity index (χ3v) is 10.4. The van der Waals surface area contributed by atoms with Gasteiger partial charge in [-0.05, 0) is 104 Å². The quantitative estimate of drug-likeness (QED) is 0.692. The van der Waals surface area contributed by atoms with Crippen molar-refractivity contribution < 1.29 is 19.2 Å². The molecule has 0 spiro atoms. The molecule has 31 heavy (non-hydrogen) atoms. The van der Waals surface area contributed by atoms with Crippen LogP contribution < -0.4 is 4.74 Å². The fourth-order valence-electron chi connectivity index (χ4n) is 8.68. The third kappa shape index (κ3) is 3.55. The second-order valence-corrected chi connectivity index (χ2v) is 12.0. The molecule has 4 saturated carbocycles. The van der Waals surface area contributed by atoms with Crippen LogP contribution in [-0.4, -0.2) is 28.3 Å². The summed E-state index contributed by atoms with van der Waals surface area (Å²) < 4.78 is 10.4. The Hall–Kier alpha value is -1.36.